The highest BCUT2D eigenvalue weighted by atomic mass is 16.1. The van der Waals surface area contributed by atoms with Crippen molar-refractivity contribution in [2.75, 3.05) is 0 Å². The van der Waals surface area contributed by atoms with Crippen molar-refractivity contribution < 1.29 is 4.79 Å². The van der Waals surface area contributed by atoms with Crippen LogP contribution in [0.2, 0.25) is 0 Å². The summed E-state index contributed by atoms with van der Waals surface area (Å²) in [4.78, 5) is 11.8. The van der Waals surface area contributed by atoms with E-state index in [4.69, 9.17) is 0 Å². The lowest BCUT2D eigenvalue weighted by Crippen LogP contribution is -2.06. The van der Waals surface area contributed by atoms with Gasteiger partial charge in [0.1, 0.15) is 5.78 Å². The lowest BCUT2D eigenvalue weighted by molar-refractivity contribution is -0.119. The first-order valence-electron chi connectivity index (χ1n) is 5.66. The van der Waals surface area contributed by atoms with Gasteiger partial charge in [-0.25, -0.2) is 0 Å². The molecular formula is C14H18O. The number of carbonyl (C=O) groups is 1. The Bertz CT molecular complexity index is 372. The van der Waals surface area contributed by atoms with E-state index < -0.39 is 0 Å². The molecule has 1 aliphatic carbocycles. The second kappa shape index (κ2) is 3.80. The summed E-state index contributed by atoms with van der Waals surface area (Å²) in [5.41, 5.74) is 3.68. The van der Waals surface area contributed by atoms with Gasteiger partial charge in [-0.05, 0) is 31.7 Å². The van der Waals surface area contributed by atoms with Gasteiger partial charge in [0.15, 0.2) is 0 Å². The Morgan fingerprint density at radius 2 is 1.80 bits per heavy atom. The molecule has 2 rings (SSSR count). The monoisotopic (exact) mass is 202 g/mol. The predicted molar refractivity (Wildman–Crippen MR) is 61.9 cm³/mol. The van der Waals surface area contributed by atoms with Crippen molar-refractivity contribution in [2.45, 2.75) is 33.6 Å². The minimum absolute atomic E-state index is 0.353. The molecule has 1 aromatic rings. The molecule has 1 heteroatoms. The number of aryl methyl sites for hydroxylation is 2. The number of hydrogen-bond donors (Lipinski definition) is 0. The van der Waals surface area contributed by atoms with E-state index in [1.54, 1.807) is 0 Å². The van der Waals surface area contributed by atoms with Gasteiger partial charge >= 0.3 is 0 Å². The summed E-state index contributed by atoms with van der Waals surface area (Å²) >= 11 is 0. The highest BCUT2D eigenvalue weighted by Gasteiger charge is 2.38. The Labute approximate surface area is 91.5 Å². The minimum atomic E-state index is 0.353. The first-order valence-corrected chi connectivity index (χ1v) is 5.66. The topological polar surface area (TPSA) is 17.1 Å². The largest absolute Gasteiger partial charge is 0.299 e. The number of hydrogen-bond acceptors (Lipinski definition) is 1. The van der Waals surface area contributed by atoms with E-state index in [1.807, 2.05) is 0 Å². The van der Waals surface area contributed by atoms with Gasteiger partial charge in [-0.2, -0.15) is 0 Å². The summed E-state index contributed by atoms with van der Waals surface area (Å²) in [7, 11) is 0. The molecule has 0 spiro atoms. The van der Waals surface area contributed by atoms with Gasteiger partial charge in [0.25, 0.3) is 0 Å². The number of ketones is 1. The molecule has 0 amide bonds. The highest BCUT2D eigenvalue weighted by molar-refractivity contribution is 5.85. The molecule has 0 bridgehead atoms. The highest BCUT2D eigenvalue weighted by Crippen LogP contribution is 2.39. The maximum absolute atomic E-state index is 11.8. The lowest BCUT2D eigenvalue weighted by atomic mass is 10.0. The van der Waals surface area contributed by atoms with Crippen LogP contribution in [0.5, 0.6) is 0 Å². The average molecular weight is 202 g/mol. The molecule has 1 nitrogen and oxygen atoms in total. The molecule has 1 aliphatic rings. The minimum Gasteiger partial charge on any atom is -0.299 e. The third-order valence-corrected chi connectivity index (χ3v) is 3.18. The van der Waals surface area contributed by atoms with Gasteiger partial charge in [-0.15, -0.1) is 0 Å². The van der Waals surface area contributed by atoms with Crippen LogP contribution in [0.4, 0.5) is 0 Å². The second-order valence-electron chi connectivity index (χ2n) is 4.96. The van der Waals surface area contributed by atoms with E-state index >= 15 is 0 Å². The standard InChI is InChI=1S/C14H18O/c1-9-4-10(2)6-12(5-9)8-14(15)13-7-11(13)3/h4-6,11,13H,7-8H2,1-3H3. The van der Waals surface area contributed by atoms with E-state index in [2.05, 4.69) is 39.0 Å². The van der Waals surface area contributed by atoms with Crippen LogP contribution in [-0.2, 0) is 11.2 Å². The van der Waals surface area contributed by atoms with Crippen LogP contribution in [0.15, 0.2) is 18.2 Å². The first kappa shape index (κ1) is 10.4. The summed E-state index contributed by atoms with van der Waals surface area (Å²) in [6.07, 6.45) is 1.72. The Balaban J connectivity index is 2.07. The van der Waals surface area contributed by atoms with Crippen LogP contribution in [0.1, 0.15) is 30.0 Å². The SMILES string of the molecule is Cc1cc(C)cc(CC(=O)C2CC2C)c1. The van der Waals surface area contributed by atoms with E-state index in [0.717, 1.165) is 6.42 Å². The molecule has 2 atom stereocenters. The van der Waals surface area contributed by atoms with Gasteiger partial charge < -0.3 is 0 Å². The summed E-state index contributed by atoms with van der Waals surface area (Å²) in [5, 5.41) is 0. The molecule has 0 aromatic heterocycles. The van der Waals surface area contributed by atoms with E-state index in [9.17, 15) is 4.79 Å². The van der Waals surface area contributed by atoms with Crippen molar-refractivity contribution in [3.8, 4) is 0 Å². The fourth-order valence-electron chi connectivity index (χ4n) is 2.27. The van der Waals surface area contributed by atoms with Crippen molar-refractivity contribution in [1.29, 1.82) is 0 Å². The van der Waals surface area contributed by atoms with Crippen LogP contribution in [-0.4, -0.2) is 5.78 Å². The van der Waals surface area contributed by atoms with Crippen molar-refractivity contribution >= 4 is 5.78 Å². The van der Waals surface area contributed by atoms with E-state index in [-0.39, 0.29) is 0 Å². The molecule has 0 saturated heterocycles. The van der Waals surface area contributed by atoms with Gasteiger partial charge in [0.05, 0.1) is 0 Å². The molecular weight excluding hydrogens is 184 g/mol. The third kappa shape index (κ3) is 2.47. The number of rotatable bonds is 3. The Morgan fingerprint density at radius 3 is 2.27 bits per heavy atom. The second-order valence-corrected chi connectivity index (χ2v) is 4.96. The van der Waals surface area contributed by atoms with Crippen LogP contribution in [0.3, 0.4) is 0 Å². The molecule has 80 valence electrons. The summed E-state index contributed by atoms with van der Waals surface area (Å²) in [6, 6.07) is 6.39. The molecule has 0 radical (unpaired) electrons. The summed E-state index contributed by atoms with van der Waals surface area (Å²) in [5.74, 6) is 1.40. The third-order valence-electron chi connectivity index (χ3n) is 3.18. The Hall–Kier alpha value is -1.11. The fourth-order valence-corrected chi connectivity index (χ4v) is 2.27. The molecule has 1 aromatic carbocycles. The van der Waals surface area contributed by atoms with Crippen LogP contribution in [0.25, 0.3) is 0 Å². The van der Waals surface area contributed by atoms with E-state index in [0.29, 0.717) is 24.0 Å². The zero-order valence-electron chi connectivity index (χ0n) is 9.71. The maximum Gasteiger partial charge on any atom is 0.140 e. The quantitative estimate of drug-likeness (QED) is 0.736. The van der Waals surface area contributed by atoms with Crippen LogP contribution in [0, 0.1) is 25.7 Å². The van der Waals surface area contributed by atoms with Gasteiger partial charge in [0.2, 0.25) is 0 Å². The van der Waals surface area contributed by atoms with Crippen molar-refractivity contribution in [3.05, 3.63) is 34.9 Å². The molecule has 2 unspecified atom stereocenters. The number of benzene rings is 1. The molecule has 0 N–H and O–H groups in total. The van der Waals surface area contributed by atoms with E-state index in [1.165, 1.54) is 16.7 Å². The van der Waals surface area contributed by atoms with Crippen molar-refractivity contribution in [3.63, 3.8) is 0 Å². The fraction of sp³-hybridized carbons (Fsp3) is 0.500. The van der Waals surface area contributed by atoms with Crippen molar-refractivity contribution in [1.82, 2.24) is 0 Å². The maximum atomic E-state index is 11.8. The molecule has 0 aliphatic heterocycles. The zero-order valence-corrected chi connectivity index (χ0v) is 9.71. The van der Waals surface area contributed by atoms with Crippen molar-refractivity contribution in [2.24, 2.45) is 11.8 Å². The average Bonchev–Trinajstić information content (AvgIpc) is 2.80. The molecule has 15 heavy (non-hydrogen) atoms. The summed E-state index contributed by atoms with van der Waals surface area (Å²) < 4.78 is 0. The smallest absolute Gasteiger partial charge is 0.140 e. The normalized spacial score (nSPS) is 23.9. The lowest BCUT2D eigenvalue weighted by Gasteiger charge is -2.04. The van der Waals surface area contributed by atoms with Gasteiger partial charge in [-0.3, -0.25) is 4.79 Å². The Morgan fingerprint density at radius 1 is 1.27 bits per heavy atom. The summed E-state index contributed by atoms with van der Waals surface area (Å²) in [6.45, 7) is 6.32. The molecule has 1 fully saturated rings. The predicted octanol–water partition coefficient (Wildman–Crippen LogP) is 3.07. The van der Waals surface area contributed by atoms with Gasteiger partial charge in [0, 0.05) is 12.3 Å². The molecule has 0 heterocycles. The first-order chi connectivity index (χ1) is 7.06. The molecule has 1 saturated carbocycles. The number of Topliss-reactive ketones (excluding diaryl/α,β-unsaturated/α-hetero) is 1. The Kier molecular flexibility index (Phi) is 2.64. The zero-order chi connectivity index (χ0) is 11.0. The van der Waals surface area contributed by atoms with Gasteiger partial charge in [-0.1, -0.05) is 36.2 Å². The van der Waals surface area contributed by atoms with Crippen LogP contribution < -0.4 is 0 Å². The number of carbonyl (C=O) groups excluding carboxylic acids is 1. The van der Waals surface area contributed by atoms with Crippen LogP contribution >= 0.6 is 0 Å².